The first-order valence-electron chi connectivity index (χ1n) is 19.3. The number of hydrogen-bond acceptors (Lipinski definition) is 0. The van der Waals surface area contributed by atoms with Crippen LogP contribution in [0.3, 0.4) is 0 Å². The van der Waals surface area contributed by atoms with E-state index in [2.05, 4.69) is 229 Å². The van der Waals surface area contributed by atoms with Crippen molar-refractivity contribution in [3.05, 3.63) is 215 Å². The van der Waals surface area contributed by atoms with Crippen LogP contribution in [0, 0.1) is 13.8 Å². The lowest BCUT2D eigenvalue weighted by Crippen LogP contribution is -1.93. The van der Waals surface area contributed by atoms with Crippen molar-refractivity contribution < 1.29 is 0 Å². The molecule has 2 heteroatoms. The summed E-state index contributed by atoms with van der Waals surface area (Å²) in [4.78, 5) is 0. The zero-order chi connectivity index (χ0) is 37.6. The number of hydrogen-bond donors (Lipinski definition) is 0. The van der Waals surface area contributed by atoms with Gasteiger partial charge in [-0.25, -0.2) is 0 Å². The molecule has 266 valence electrons. The summed E-state index contributed by atoms with van der Waals surface area (Å²) in [6.07, 6.45) is 8.75. The molecule has 10 aromatic rings. The number of rotatable bonds is 7. The highest BCUT2D eigenvalue weighted by Gasteiger charge is 2.13. The van der Waals surface area contributed by atoms with Gasteiger partial charge in [-0.15, -0.1) is 0 Å². The summed E-state index contributed by atoms with van der Waals surface area (Å²) in [5.41, 5.74) is 16.9. The molecule has 0 aliphatic rings. The van der Waals surface area contributed by atoms with Gasteiger partial charge in [-0.1, -0.05) is 157 Å². The largest absolute Gasteiger partial charge is 0.309 e. The molecule has 0 bridgehead atoms. The molecule has 0 saturated carbocycles. The molecule has 0 N–H and O–H groups in total. The zero-order valence-electron chi connectivity index (χ0n) is 31.5. The fourth-order valence-corrected chi connectivity index (χ4v) is 8.16. The van der Waals surface area contributed by atoms with Crippen molar-refractivity contribution in [2.45, 2.75) is 13.8 Å². The van der Waals surface area contributed by atoms with E-state index in [-0.39, 0.29) is 0 Å². The monoisotopic (exact) mass is 716 g/mol. The van der Waals surface area contributed by atoms with Crippen molar-refractivity contribution in [2.24, 2.45) is 0 Å². The Kier molecular flexibility index (Phi) is 8.30. The first-order chi connectivity index (χ1) is 27.6. The molecule has 2 heterocycles. The van der Waals surface area contributed by atoms with Gasteiger partial charge in [-0.3, -0.25) is 0 Å². The van der Waals surface area contributed by atoms with E-state index >= 15 is 0 Å². The summed E-state index contributed by atoms with van der Waals surface area (Å²) in [5, 5.41) is 5.17. The van der Waals surface area contributed by atoms with Gasteiger partial charge in [0, 0.05) is 32.9 Å². The van der Waals surface area contributed by atoms with Crippen LogP contribution in [0.5, 0.6) is 0 Å². The Morgan fingerprint density at radius 3 is 1.00 bits per heavy atom. The predicted octanol–water partition coefficient (Wildman–Crippen LogP) is 14.5. The highest BCUT2D eigenvalue weighted by Crippen LogP contribution is 2.34. The second-order valence-corrected chi connectivity index (χ2v) is 14.8. The lowest BCUT2D eigenvalue weighted by Gasteiger charge is -2.08. The van der Waals surface area contributed by atoms with Crippen LogP contribution in [0.15, 0.2) is 182 Å². The van der Waals surface area contributed by atoms with Crippen LogP contribution in [0.25, 0.3) is 90.4 Å². The minimum atomic E-state index is 1.17. The Labute approximate surface area is 327 Å². The lowest BCUT2D eigenvalue weighted by atomic mass is 10.0. The maximum absolute atomic E-state index is 2.37. The molecule has 2 aromatic heterocycles. The molecule has 2 nitrogen and oxygen atoms in total. The molecular formula is C54H40N2. The Hall–Kier alpha value is -7.16. The Morgan fingerprint density at radius 1 is 0.304 bits per heavy atom. The van der Waals surface area contributed by atoms with E-state index in [4.69, 9.17) is 0 Å². The number of aryl methyl sites for hydroxylation is 2. The van der Waals surface area contributed by atoms with Gasteiger partial charge in [0.25, 0.3) is 0 Å². The molecule has 56 heavy (non-hydrogen) atoms. The minimum absolute atomic E-state index is 1.17. The molecule has 0 spiro atoms. The van der Waals surface area contributed by atoms with E-state index in [9.17, 15) is 0 Å². The maximum Gasteiger partial charge on any atom is 0.0541 e. The van der Waals surface area contributed by atoms with Gasteiger partial charge in [-0.05, 0) is 108 Å². The molecule has 0 radical (unpaired) electrons. The van der Waals surface area contributed by atoms with Crippen LogP contribution in [0.4, 0.5) is 0 Å². The Morgan fingerprint density at radius 2 is 0.625 bits per heavy atom. The summed E-state index contributed by atoms with van der Waals surface area (Å²) in [7, 11) is 0. The third-order valence-electron chi connectivity index (χ3n) is 11.0. The molecule has 0 atom stereocenters. The normalized spacial score (nSPS) is 12.0. The van der Waals surface area contributed by atoms with Crippen LogP contribution in [0.1, 0.15) is 33.4 Å². The van der Waals surface area contributed by atoms with Crippen LogP contribution in [-0.4, -0.2) is 9.13 Å². The smallest absolute Gasteiger partial charge is 0.0541 e. The number of nitrogens with zero attached hydrogens (tertiary/aromatic N) is 2. The zero-order valence-corrected chi connectivity index (χ0v) is 31.5. The van der Waals surface area contributed by atoms with Gasteiger partial charge in [0.15, 0.2) is 0 Å². The summed E-state index contributed by atoms with van der Waals surface area (Å²) >= 11 is 0. The highest BCUT2D eigenvalue weighted by molar-refractivity contribution is 6.10. The number of fused-ring (bicyclic) bond motifs is 6. The number of benzene rings is 8. The predicted molar refractivity (Wildman–Crippen MR) is 241 cm³/mol. The maximum atomic E-state index is 2.37. The quantitative estimate of drug-likeness (QED) is 0.145. The van der Waals surface area contributed by atoms with Gasteiger partial charge in [0.05, 0.1) is 22.1 Å². The molecular weight excluding hydrogens is 677 g/mol. The minimum Gasteiger partial charge on any atom is -0.309 e. The van der Waals surface area contributed by atoms with Crippen molar-refractivity contribution in [3.8, 4) is 22.5 Å². The Balaban J connectivity index is 0.810. The molecule has 0 fully saturated rings. The average molecular weight is 717 g/mol. The third-order valence-corrected chi connectivity index (χ3v) is 11.0. The van der Waals surface area contributed by atoms with Crippen LogP contribution >= 0.6 is 0 Å². The standard InChI is InChI=1S/C54H40N2/c1-37-11-33-53-49(35-37)47-7-3-5-9-51(47)55(53)45-29-21-41(22-30-45)15-13-39-17-25-43(26-18-39)44-27-19-40(20-28-44)14-16-42-23-31-46(32-24-42)56-52-10-6-4-8-48(52)50-36-38(2)12-34-54(50)56/h3-36H,1-2H3/b15-13+,16-14+. The van der Waals surface area contributed by atoms with E-state index < -0.39 is 0 Å². The fraction of sp³-hybridized carbons (Fsp3) is 0.0370. The highest BCUT2D eigenvalue weighted by atomic mass is 15.0. The van der Waals surface area contributed by atoms with E-state index in [1.54, 1.807) is 0 Å². The van der Waals surface area contributed by atoms with E-state index in [0.717, 1.165) is 0 Å². The van der Waals surface area contributed by atoms with E-state index in [0.29, 0.717) is 0 Å². The molecule has 0 aliphatic heterocycles. The number of para-hydroxylation sites is 2. The van der Waals surface area contributed by atoms with Crippen LogP contribution in [-0.2, 0) is 0 Å². The van der Waals surface area contributed by atoms with Crippen molar-refractivity contribution in [1.29, 1.82) is 0 Å². The average Bonchev–Trinajstić information content (AvgIpc) is 3.75. The summed E-state index contributed by atoms with van der Waals surface area (Å²) in [5.74, 6) is 0. The topological polar surface area (TPSA) is 9.86 Å². The first kappa shape index (κ1) is 33.4. The molecule has 0 aliphatic carbocycles. The van der Waals surface area contributed by atoms with E-state index in [1.807, 2.05) is 0 Å². The summed E-state index contributed by atoms with van der Waals surface area (Å²) < 4.78 is 4.73. The molecule has 0 unspecified atom stereocenters. The van der Waals surface area contributed by atoms with Crippen LogP contribution in [0.2, 0.25) is 0 Å². The van der Waals surface area contributed by atoms with Gasteiger partial charge >= 0.3 is 0 Å². The van der Waals surface area contributed by atoms with Crippen molar-refractivity contribution >= 4 is 67.9 Å². The van der Waals surface area contributed by atoms with Crippen LogP contribution < -0.4 is 0 Å². The van der Waals surface area contributed by atoms with Gasteiger partial charge in [0.2, 0.25) is 0 Å². The molecule has 0 amide bonds. The first-order valence-corrected chi connectivity index (χ1v) is 19.3. The van der Waals surface area contributed by atoms with Crippen molar-refractivity contribution in [2.75, 3.05) is 0 Å². The summed E-state index contributed by atoms with van der Waals surface area (Å²) in [6.45, 7) is 4.32. The van der Waals surface area contributed by atoms with E-state index in [1.165, 1.54) is 99.5 Å². The molecule has 10 rings (SSSR count). The van der Waals surface area contributed by atoms with Crippen molar-refractivity contribution in [1.82, 2.24) is 9.13 Å². The fourth-order valence-electron chi connectivity index (χ4n) is 8.16. The second-order valence-electron chi connectivity index (χ2n) is 14.8. The lowest BCUT2D eigenvalue weighted by molar-refractivity contribution is 1.18. The van der Waals surface area contributed by atoms with Gasteiger partial charge in [-0.2, -0.15) is 0 Å². The van der Waals surface area contributed by atoms with Gasteiger partial charge < -0.3 is 9.13 Å². The number of aromatic nitrogens is 2. The third kappa shape index (κ3) is 6.12. The molecule has 8 aromatic carbocycles. The Bertz CT molecular complexity index is 2880. The second kappa shape index (κ2) is 13.9. The van der Waals surface area contributed by atoms with Gasteiger partial charge in [0.1, 0.15) is 0 Å². The summed E-state index contributed by atoms with van der Waals surface area (Å²) in [6, 6.07) is 66.1. The van der Waals surface area contributed by atoms with Crippen molar-refractivity contribution in [3.63, 3.8) is 0 Å². The SMILES string of the molecule is Cc1ccc2c(c1)c1ccccc1n2-c1ccc(/C=C/c2ccc(-c3ccc(/C=C/c4ccc(-n5c6ccccc6c6cc(C)ccc65)cc4)cc3)cc2)cc1. The molecule has 0 saturated heterocycles.